The number of carbonyl (C=O) groups excluding carboxylic acids is 2. The Bertz CT molecular complexity index is 888. The predicted octanol–water partition coefficient (Wildman–Crippen LogP) is 5.18. The van der Waals surface area contributed by atoms with Gasteiger partial charge in [-0.2, -0.15) is 0 Å². The summed E-state index contributed by atoms with van der Waals surface area (Å²) < 4.78 is 5.59. The standard InChI is InChI=1S/C19H17Cl3N2O3/c1-11(27-17-7-4-12(20)9-15(17)22)19(26)23-13-5-6-16(14(21)10-13)24-8-2-3-18(24)25/h4-7,9-11H,2-3,8H2,1H3,(H,23,26). The van der Waals surface area contributed by atoms with E-state index >= 15 is 0 Å². The van der Waals surface area contributed by atoms with Gasteiger partial charge < -0.3 is 15.0 Å². The van der Waals surface area contributed by atoms with Crippen LogP contribution in [0.2, 0.25) is 15.1 Å². The molecule has 1 aliphatic heterocycles. The largest absolute Gasteiger partial charge is 0.479 e. The number of nitrogens with one attached hydrogen (secondary N) is 1. The highest BCUT2D eigenvalue weighted by Gasteiger charge is 2.24. The Hall–Kier alpha value is -1.95. The van der Waals surface area contributed by atoms with E-state index in [1.165, 1.54) is 0 Å². The van der Waals surface area contributed by atoms with Crippen molar-refractivity contribution in [1.82, 2.24) is 0 Å². The number of nitrogens with zero attached hydrogens (tertiary/aromatic N) is 1. The lowest BCUT2D eigenvalue weighted by Gasteiger charge is -2.19. The average Bonchev–Trinajstić information content (AvgIpc) is 3.03. The van der Waals surface area contributed by atoms with Crippen LogP contribution in [0.25, 0.3) is 0 Å². The molecule has 3 rings (SSSR count). The van der Waals surface area contributed by atoms with Crippen molar-refractivity contribution in [3.05, 3.63) is 51.5 Å². The van der Waals surface area contributed by atoms with Crippen molar-refractivity contribution >= 4 is 58.0 Å². The Morgan fingerprint density at radius 3 is 2.56 bits per heavy atom. The number of rotatable bonds is 5. The van der Waals surface area contributed by atoms with Crippen LogP contribution in [0.1, 0.15) is 19.8 Å². The van der Waals surface area contributed by atoms with E-state index in [2.05, 4.69) is 5.32 Å². The van der Waals surface area contributed by atoms with Gasteiger partial charge >= 0.3 is 0 Å². The summed E-state index contributed by atoms with van der Waals surface area (Å²) in [7, 11) is 0. The first-order chi connectivity index (χ1) is 12.8. The van der Waals surface area contributed by atoms with Crippen LogP contribution in [0.15, 0.2) is 36.4 Å². The molecule has 2 aromatic rings. The minimum Gasteiger partial charge on any atom is -0.479 e. The van der Waals surface area contributed by atoms with Gasteiger partial charge in [0.25, 0.3) is 5.91 Å². The van der Waals surface area contributed by atoms with Gasteiger partial charge in [0.05, 0.1) is 15.7 Å². The van der Waals surface area contributed by atoms with E-state index in [1.54, 1.807) is 48.2 Å². The number of hydrogen-bond donors (Lipinski definition) is 1. The smallest absolute Gasteiger partial charge is 0.265 e. The van der Waals surface area contributed by atoms with Crippen molar-refractivity contribution in [2.45, 2.75) is 25.9 Å². The van der Waals surface area contributed by atoms with Crippen LogP contribution in [0.5, 0.6) is 5.75 Å². The summed E-state index contributed by atoms with van der Waals surface area (Å²) in [6.45, 7) is 2.26. The number of benzene rings is 2. The zero-order valence-electron chi connectivity index (χ0n) is 14.5. The molecule has 27 heavy (non-hydrogen) atoms. The molecule has 0 radical (unpaired) electrons. The lowest BCUT2D eigenvalue weighted by molar-refractivity contribution is -0.122. The third-order valence-electron chi connectivity index (χ3n) is 4.15. The Morgan fingerprint density at radius 1 is 1.15 bits per heavy atom. The van der Waals surface area contributed by atoms with Crippen molar-refractivity contribution in [3.8, 4) is 5.75 Å². The molecule has 8 heteroatoms. The third kappa shape index (κ3) is 4.67. The molecule has 1 fully saturated rings. The zero-order valence-corrected chi connectivity index (χ0v) is 16.7. The molecule has 1 saturated heterocycles. The predicted molar refractivity (Wildman–Crippen MR) is 108 cm³/mol. The van der Waals surface area contributed by atoms with Gasteiger partial charge in [-0.1, -0.05) is 34.8 Å². The summed E-state index contributed by atoms with van der Waals surface area (Å²) in [4.78, 5) is 25.9. The van der Waals surface area contributed by atoms with Crippen molar-refractivity contribution in [1.29, 1.82) is 0 Å². The fraction of sp³-hybridized carbons (Fsp3) is 0.263. The molecule has 2 aromatic carbocycles. The molecule has 1 aliphatic rings. The van der Waals surface area contributed by atoms with Crippen LogP contribution < -0.4 is 15.0 Å². The second kappa shape index (κ2) is 8.38. The molecule has 1 N–H and O–H groups in total. The van der Waals surface area contributed by atoms with Gasteiger partial charge in [-0.25, -0.2) is 0 Å². The molecular weight excluding hydrogens is 411 g/mol. The number of halogens is 3. The number of hydrogen-bond acceptors (Lipinski definition) is 3. The molecule has 1 atom stereocenters. The van der Waals surface area contributed by atoms with E-state index in [1.807, 2.05) is 0 Å². The van der Waals surface area contributed by atoms with E-state index < -0.39 is 6.10 Å². The quantitative estimate of drug-likeness (QED) is 0.715. The van der Waals surface area contributed by atoms with Crippen LogP contribution in [0, 0.1) is 0 Å². The van der Waals surface area contributed by atoms with E-state index in [-0.39, 0.29) is 11.8 Å². The van der Waals surface area contributed by atoms with Crippen LogP contribution in [0.4, 0.5) is 11.4 Å². The molecule has 1 heterocycles. The number of ether oxygens (including phenoxy) is 1. The molecule has 142 valence electrons. The minimum atomic E-state index is -0.790. The molecule has 0 bridgehead atoms. The summed E-state index contributed by atoms with van der Waals surface area (Å²) in [6.07, 6.45) is 0.550. The SMILES string of the molecule is CC(Oc1ccc(Cl)cc1Cl)C(=O)Nc1ccc(N2CCCC2=O)c(Cl)c1. The second-order valence-electron chi connectivity index (χ2n) is 6.14. The van der Waals surface area contributed by atoms with Crippen molar-refractivity contribution in [2.75, 3.05) is 16.8 Å². The first-order valence-corrected chi connectivity index (χ1v) is 9.51. The lowest BCUT2D eigenvalue weighted by Crippen LogP contribution is -2.30. The number of amides is 2. The van der Waals surface area contributed by atoms with Crippen LogP contribution >= 0.6 is 34.8 Å². The van der Waals surface area contributed by atoms with Crippen LogP contribution in [-0.2, 0) is 9.59 Å². The third-order valence-corrected chi connectivity index (χ3v) is 4.98. The van der Waals surface area contributed by atoms with E-state index in [0.29, 0.717) is 45.2 Å². The molecule has 1 unspecified atom stereocenters. The maximum Gasteiger partial charge on any atom is 0.265 e. The Morgan fingerprint density at radius 2 is 1.93 bits per heavy atom. The number of carbonyl (C=O) groups is 2. The summed E-state index contributed by atoms with van der Waals surface area (Å²) in [5, 5.41) is 3.95. The van der Waals surface area contributed by atoms with Crippen LogP contribution in [-0.4, -0.2) is 24.5 Å². The Kier molecular flexibility index (Phi) is 6.15. The molecular formula is C19H17Cl3N2O3. The monoisotopic (exact) mass is 426 g/mol. The topological polar surface area (TPSA) is 58.6 Å². The summed E-state index contributed by atoms with van der Waals surface area (Å²) in [5.74, 6) is 0.0577. The highest BCUT2D eigenvalue weighted by atomic mass is 35.5. The van der Waals surface area contributed by atoms with Gasteiger partial charge in [-0.15, -0.1) is 0 Å². The van der Waals surface area contributed by atoms with E-state index in [4.69, 9.17) is 39.5 Å². The first-order valence-electron chi connectivity index (χ1n) is 8.37. The summed E-state index contributed by atoms with van der Waals surface area (Å²) in [6, 6.07) is 9.82. The first kappa shape index (κ1) is 19.8. The van der Waals surface area contributed by atoms with Crippen molar-refractivity contribution < 1.29 is 14.3 Å². The summed E-state index contributed by atoms with van der Waals surface area (Å²) >= 11 is 18.2. The molecule has 5 nitrogen and oxygen atoms in total. The highest BCUT2D eigenvalue weighted by Crippen LogP contribution is 2.32. The zero-order chi connectivity index (χ0) is 19.6. The van der Waals surface area contributed by atoms with Gasteiger partial charge in [0.15, 0.2) is 6.10 Å². The Labute approximate surface area is 172 Å². The van der Waals surface area contributed by atoms with E-state index in [9.17, 15) is 9.59 Å². The molecule has 0 spiro atoms. The normalized spacial score (nSPS) is 15.0. The van der Waals surface area contributed by atoms with Crippen molar-refractivity contribution in [2.24, 2.45) is 0 Å². The fourth-order valence-electron chi connectivity index (χ4n) is 2.77. The molecule has 0 saturated carbocycles. The van der Waals surface area contributed by atoms with Gasteiger partial charge in [0, 0.05) is 23.7 Å². The molecule has 2 amide bonds. The second-order valence-corrected chi connectivity index (χ2v) is 7.39. The van der Waals surface area contributed by atoms with Gasteiger partial charge in [-0.05, 0) is 49.7 Å². The Balaban J connectivity index is 1.66. The fourth-order valence-corrected chi connectivity index (χ4v) is 3.50. The maximum absolute atomic E-state index is 12.4. The maximum atomic E-state index is 12.4. The molecule has 0 aromatic heterocycles. The highest BCUT2D eigenvalue weighted by molar-refractivity contribution is 6.35. The van der Waals surface area contributed by atoms with Gasteiger partial charge in [0.2, 0.25) is 5.91 Å². The summed E-state index contributed by atoms with van der Waals surface area (Å²) in [5.41, 5.74) is 1.16. The van der Waals surface area contributed by atoms with Gasteiger partial charge in [-0.3, -0.25) is 9.59 Å². The van der Waals surface area contributed by atoms with Gasteiger partial charge in [0.1, 0.15) is 5.75 Å². The van der Waals surface area contributed by atoms with Crippen molar-refractivity contribution in [3.63, 3.8) is 0 Å². The van der Waals surface area contributed by atoms with E-state index in [0.717, 1.165) is 6.42 Å². The molecule has 0 aliphatic carbocycles. The number of anilines is 2. The minimum absolute atomic E-state index is 0.0514. The lowest BCUT2D eigenvalue weighted by atomic mass is 10.2. The average molecular weight is 428 g/mol. The van der Waals surface area contributed by atoms with Crippen LogP contribution in [0.3, 0.4) is 0 Å².